The maximum atomic E-state index is 10.8. The Morgan fingerprint density at radius 2 is 2.24 bits per heavy atom. The summed E-state index contributed by atoms with van der Waals surface area (Å²) in [7, 11) is 0. The van der Waals surface area contributed by atoms with Crippen LogP contribution in [0.15, 0.2) is 18.3 Å². The van der Waals surface area contributed by atoms with E-state index in [1.807, 2.05) is 6.92 Å². The fraction of sp³-hybridized carbons (Fsp3) is 0.583. The largest absolute Gasteiger partial charge is 0.362 e. The summed E-state index contributed by atoms with van der Waals surface area (Å²) in [5, 5.41) is 13.9. The van der Waals surface area contributed by atoms with E-state index >= 15 is 0 Å². The molecule has 94 valence electrons. The van der Waals surface area contributed by atoms with Crippen LogP contribution in [0.1, 0.15) is 33.6 Å². The standard InChI is InChI=1S/C12H19N3O2/c1-4-9(2)8-10(3)14-12-11(15(16)17)6-5-7-13-12/h5-7,9-10H,4,8H2,1-3H3,(H,13,14). The molecule has 1 aromatic heterocycles. The predicted molar refractivity (Wildman–Crippen MR) is 68.0 cm³/mol. The van der Waals surface area contributed by atoms with Gasteiger partial charge in [-0.2, -0.15) is 0 Å². The highest BCUT2D eigenvalue weighted by atomic mass is 16.6. The third-order valence-corrected chi connectivity index (χ3v) is 2.82. The smallest absolute Gasteiger partial charge is 0.311 e. The third kappa shape index (κ3) is 4.01. The molecular formula is C12H19N3O2. The van der Waals surface area contributed by atoms with Crippen molar-refractivity contribution in [3.8, 4) is 0 Å². The lowest BCUT2D eigenvalue weighted by Crippen LogP contribution is -2.19. The number of pyridine rings is 1. The Labute approximate surface area is 101 Å². The number of hydrogen-bond donors (Lipinski definition) is 1. The second kappa shape index (κ2) is 6.18. The van der Waals surface area contributed by atoms with Crippen molar-refractivity contribution < 1.29 is 4.92 Å². The van der Waals surface area contributed by atoms with E-state index in [0.29, 0.717) is 11.7 Å². The molecule has 0 aliphatic carbocycles. The molecule has 2 atom stereocenters. The number of rotatable bonds is 6. The molecule has 0 aliphatic heterocycles. The summed E-state index contributed by atoms with van der Waals surface area (Å²) in [6.45, 7) is 6.33. The number of nitrogens with zero attached hydrogens (tertiary/aromatic N) is 2. The normalized spacial score (nSPS) is 14.1. The maximum absolute atomic E-state index is 10.8. The summed E-state index contributed by atoms with van der Waals surface area (Å²) < 4.78 is 0. The van der Waals surface area contributed by atoms with Gasteiger partial charge in [0.25, 0.3) is 0 Å². The summed E-state index contributed by atoms with van der Waals surface area (Å²) >= 11 is 0. The Morgan fingerprint density at radius 1 is 1.53 bits per heavy atom. The van der Waals surface area contributed by atoms with E-state index in [1.165, 1.54) is 6.07 Å². The lowest BCUT2D eigenvalue weighted by Gasteiger charge is -2.17. The predicted octanol–water partition coefficient (Wildman–Crippen LogP) is 3.23. The summed E-state index contributed by atoms with van der Waals surface area (Å²) in [5.41, 5.74) is 0.0310. The number of nitrogens with one attached hydrogen (secondary N) is 1. The lowest BCUT2D eigenvalue weighted by molar-refractivity contribution is -0.384. The summed E-state index contributed by atoms with van der Waals surface area (Å²) in [5.74, 6) is 0.952. The molecular weight excluding hydrogens is 218 g/mol. The Balaban J connectivity index is 2.71. The Bertz CT molecular complexity index is 382. The van der Waals surface area contributed by atoms with Crippen molar-refractivity contribution in [3.63, 3.8) is 0 Å². The van der Waals surface area contributed by atoms with Crippen LogP contribution in [-0.2, 0) is 0 Å². The van der Waals surface area contributed by atoms with Crippen LogP contribution in [0.4, 0.5) is 11.5 Å². The van der Waals surface area contributed by atoms with Gasteiger partial charge in [0.1, 0.15) is 0 Å². The van der Waals surface area contributed by atoms with Crippen LogP contribution in [0.2, 0.25) is 0 Å². The molecule has 5 heteroatoms. The number of hydrogen-bond acceptors (Lipinski definition) is 4. The zero-order chi connectivity index (χ0) is 12.8. The first-order valence-electron chi connectivity index (χ1n) is 5.90. The molecule has 0 saturated carbocycles. The van der Waals surface area contributed by atoms with Crippen molar-refractivity contribution >= 4 is 11.5 Å². The quantitative estimate of drug-likeness (QED) is 0.609. The van der Waals surface area contributed by atoms with E-state index in [-0.39, 0.29) is 11.7 Å². The van der Waals surface area contributed by atoms with Gasteiger partial charge < -0.3 is 5.32 Å². The van der Waals surface area contributed by atoms with Crippen LogP contribution < -0.4 is 5.32 Å². The van der Waals surface area contributed by atoms with Crippen molar-refractivity contribution in [1.29, 1.82) is 0 Å². The number of nitro groups is 1. The Hall–Kier alpha value is -1.65. The third-order valence-electron chi connectivity index (χ3n) is 2.82. The average molecular weight is 237 g/mol. The minimum absolute atomic E-state index is 0.0310. The van der Waals surface area contributed by atoms with E-state index < -0.39 is 4.92 Å². The molecule has 0 bridgehead atoms. The molecule has 0 spiro atoms. The lowest BCUT2D eigenvalue weighted by atomic mass is 10.0. The van der Waals surface area contributed by atoms with Gasteiger partial charge in [0.2, 0.25) is 5.82 Å². The molecule has 0 aromatic carbocycles. The van der Waals surface area contributed by atoms with Crippen LogP contribution in [0.3, 0.4) is 0 Å². The second-order valence-electron chi connectivity index (χ2n) is 4.42. The van der Waals surface area contributed by atoms with E-state index in [1.54, 1.807) is 12.3 Å². The molecule has 17 heavy (non-hydrogen) atoms. The van der Waals surface area contributed by atoms with Gasteiger partial charge in [-0.3, -0.25) is 10.1 Å². The summed E-state index contributed by atoms with van der Waals surface area (Å²) in [6, 6.07) is 3.21. The molecule has 1 N–H and O–H groups in total. The minimum atomic E-state index is -0.411. The van der Waals surface area contributed by atoms with E-state index in [9.17, 15) is 10.1 Å². The van der Waals surface area contributed by atoms with E-state index in [0.717, 1.165) is 12.8 Å². The SMILES string of the molecule is CCC(C)CC(C)Nc1ncccc1[N+](=O)[O-]. The van der Waals surface area contributed by atoms with Crippen molar-refractivity contribution in [2.45, 2.75) is 39.7 Å². The van der Waals surface area contributed by atoms with Gasteiger partial charge in [0.05, 0.1) is 4.92 Å². The summed E-state index contributed by atoms with van der Waals surface area (Å²) in [6.07, 6.45) is 3.64. The van der Waals surface area contributed by atoms with Crippen LogP contribution in [-0.4, -0.2) is 15.9 Å². The molecule has 2 unspecified atom stereocenters. The topological polar surface area (TPSA) is 68.1 Å². The van der Waals surface area contributed by atoms with Gasteiger partial charge in [-0.15, -0.1) is 0 Å². The van der Waals surface area contributed by atoms with Gasteiger partial charge in [-0.05, 0) is 25.3 Å². The molecule has 0 radical (unpaired) electrons. The molecule has 0 aliphatic rings. The zero-order valence-electron chi connectivity index (χ0n) is 10.5. The highest BCUT2D eigenvalue weighted by molar-refractivity contribution is 5.55. The van der Waals surface area contributed by atoms with Crippen LogP contribution >= 0.6 is 0 Å². The molecule has 1 heterocycles. The zero-order valence-corrected chi connectivity index (χ0v) is 10.5. The van der Waals surface area contributed by atoms with Crippen molar-refractivity contribution in [1.82, 2.24) is 4.98 Å². The summed E-state index contributed by atoms with van der Waals surface area (Å²) in [4.78, 5) is 14.4. The molecule has 0 amide bonds. The van der Waals surface area contributed by atoms with Gasteiger partial charge in [0, 0.05) is 18.3 Å². The van der Waals surface area contributed by atoms with Crippen molar-refractivity contribution in [2.24, 2.45) is 5.92 Å². The highest BCUT2D eigenvalue weighted by Gasteiger charge is 2.16. The van der Waals surface area contributed by atoms with Gasteiger partial charge in [-0.1, -0.05) is 20.3 Å². The first-order chi connectivity index (χ1) is 8.04. The molecule has 1 aromatic rings. The first kappa shape index (κ1) is 13.4. The minimum Gasteiger partial charge on any atom is -0.362 e. The molecule has 5 nitrogen and oxygen atoms in total. The number of anilines is 1. The highest BCUT2D eigenvalue weighted by Crippen LogP contribution is 2.22. The molecule has 1 rings (SSSR count). The molecule has 0 fully saturated rings. The van der Waals surface area contributed by atoms with Gasteiger partial charge >= 0.3 is 5.69 Å². The monoisotopic (exact) mass is 237 g/mol. The maximum Gasteiger partial charge on any atom is 0.311 e. The van der Waals surface area contributed by atoms with Crippen LogP contribution in [0, 0.1) is 16.0 Å². The fourth-order valence-corrected chi connectivity index (χ4v) is 1.72. The first-order valence-corrected chi connectivity index (χ1v) is 5.90. The van der Waals surface area contributed by atoms with Crippen LogP contribution in [0.25, 0.3) is 0 Å². The second-order valence-corrected chi connectivity index (χ2v) is 4.42. The van der Waals surface area contributed by atoms with Crippen molar-refractivity contribution in [2.75, 3.05) is 5.32 Å². The Morgan fingerprint density at radius 3 is 2.82 bits per heavy atom. The van der Waals surface area contributed by atoms with E-state index in [2.05, 4.69) is 24.1 Å². The van der Waals surface area contributed by atoms with E-state index in [4.69, 9.17) is 0 Å². The van der Waals surface area contributed by atoms with Gasteiger partial charge in [-0.25, -0.2) is 4.98 Å². The van der Waals surface area contributed by atoms with Crippen LogP contribution in [0.5, 0.6) is 0 Å². The van der Waals surface area contributed by atoms with Crippen molar-refractivity contribution in [3.05, 3.63) is 28.4 Å². The van der Waals surface area contributed by atoms with Gasteiger partial charge in [0.15, 0.2) is 0 Å². The molecule has 0 saturated heterocycles. The number of aromatic nitrogens is 1. The Kier molecular flexibility index (Phi) is 4.87. The fourth-order valence-electron chi connectivity index (χ4n) is 1.72. The average Bonchev–Trinajstić information content (AvgIpc) is 2.29.